The van der Waals surface area contributed by atoms with E-state index in [-0.39, 0.29) is 40.8 Å². The van der Waals surface area contributed by atoms with Crippen LogP contribution in [0, 0.1) is 11.8 Å². The van der Waals surface area contributed by atoms with Gasteiger partial charge in [-0.15, -0.1) is 0 Å². The number of hydrogen-bond donors (Lipinski definition) is 3. The first-order chi connectivity index (χ1) is 14.4. The number of hydrogen-bond acceptors (Lipinski definition) is 7. The number of likely N-dealkylation sites (tertiary alicyclic amines) is 1. The Labute approximate surface area is 172 Å². The van der Waals surface area contributed by atoms with Crippen LogP contribution in [-0.4, -0.2) is 72.3 Å². The molecule has 5 heterocycles. The SMILES string of the molecule is O=C(c1ccoc1)N1C[C@@H]2[C@H](CNS(=O)(=O)c3cn[nH]c3)[C@H]3CC[C@]2(C1)O3.O=CO. The first-order valence-corrected chi connectivity index (χ1v) is 10.9. The van der Waals surface area contributed by atoms with Crippen molar-refractivity contribution in [2.75, 3.05) is 19.6 Å². The lowest BCUT2D eigenvalue weighted by molar-refractivity contribution is -0.122. The number of rotatable bonds is 5. The van der Waals surface area contributed by atoms with E-state index in [0.717, 1.165) is 12.8 Å². The fourth-order valence-electron chi connectivity index (χ4n) is 4.86. The number of carbonyl (C=O) groups is 2. The Hall–Kier alpha value is -2.70. The molecule has 2 aromatic rings. The van der Waals surface area contributed by atoms with Crippen molar-refractivity contribution in [3.05, 3.63) is 36.5 Å². The molecule has 2 bridgehead atoms. The molecular weight excluding hydrogens is 416 g/mol. The maximum Gasteiger partial charge on any atom is 0.290 e. The fraction of sp³-hybridized carbons (Fsp3) is 0.500. The average Bonchev–Trinajstić information content (AvgIpc) is 3.52. The standard InChI is InChI=1S/C17H20N4O5S.CH2O2/c22-16(11-2-4-25-9-11)21-8-14-13(15-1-3-17(14,10-21)26-15)7-20-27(23,24)12-5-18-19-6-12;2-1-3/h2,4-6,9,13-15,20H,1,3,7-8,10H2,(H,18,19);1H,(H,2,3)/t13-,14+,15+,17+;/m0./s1. The van der Waals surface area contributed by atoms with Gasteiger partial charge in [-0.2, -0.15) is 5.10 Å². The molecule has 0 unspecified atom stereocenters. The summed E-state index contributed by atoms with van der Waals surface area (Å²) in [6, 6.07) is 1.66. The molecule has 1 spiro atoms. The second-order valence-corrected chi connectivity index (χ2v) is 9.39. The van der Waals surface area contributed by atoms with Crippen LogP contribution in [-0.2, 0) is 19.6 Å². The molecule has 30 heavy (non-hydrogen) atoms. The predicted molar refractivity (Wildman–Crippen MR) is 101 cm³/mol. The van der Waals surface area contributed by atoms with Crippen molar-refractivity contribution in [1.29, 1.82) is 0 Å². The van der Waals surface area contributed by atoms with Gasteiger partial charge in [0.05, 0.1) is 36.3 Å². The summed E-state index contributed by atoms with van der Waals surface area (Å²) in [7, 11) is -3.61. The van der Waals surface area contributed by atoms with Crippen LogP contribution in [0.4, 0.5) is 0 Å². The van der Waals surface area contributed by atoms with Gasteiger partial charge in [0, 0.05) is 31.1 Å². The number of ether oxygens (including phenoxy) is 1. The molecule has 3 saturated heterocycles. The van der Waals surface area contributed by atoms with E-state index in [1.807, 2.05) is 0 Å². The molecule has 4 atom stereocenters. The molecule has 0 saturated carbocycles. The molecule has 3 aliphatic rings. The number of amides is 1. The topological polar surface area (TPSA) is 155 Å². The summed E-state index contributed by atoms with van der Waals surface area (Å²) in [5, 5.41) is 13.1. The summed E-state index contributed by atoms with van der Waals surface area (Å²) >= 11 is 0. The number of carboxylic acid groups (broad SMARTS) is 1. The maximum absolute atomic E-state index is 12.7. The maximum atomic E-state index is 12.7. The van der Waals surface area contributed by atoms with E-state index < -0.39 is 10.0 Å². The molecule has 5 rings (SSSR count). The van der Waals surface area contributed by atoms with Gasteiger partial charge in [0.2, 0.25) is 10.0 Å². The highest BCUT2D eigenvalue weighted by Crippen LogP contribution is 2.54. The minimum absolute atomic E-state index is 0.0354. The van der Waals surface area contributed by atoms with E-state index in [4.69, 9.17) is 19.1 Å². The van der Waals surface area contributed by atoms with E-state index in [0.29, 0.717) is 25.2 Å². The van der Waals surface area contributed by atoms with Gasteiger partial charge >= 0.3 is 0 Å². The third-order valence-electron chi connectivity index (χ3n) is 6.13. The van der Waals surface area contributed by atoms with Crippen LogP contribution in [0.15, 0.2) is 40.3 Å². The quantitative estimate of drug-likeness (QED) is 0.563. The summed E-state index contributed by atoms with van der Waals surface area (Å²) in [5.41, 5.74) is 0.175. The van der Waals surface area contributed by atoms with Gasteiger partial charge in [-0.3, -0.25) is 14.7 Å². The lowest BCUT2D eigenvalue weighted by Crippen LogP contribution is -2.41. The number of aromatic nitrogens is 2. The van der Waals surface area contributed by atoms with E-state index in [1.165, 1.54) is 24.9 Å². The van der Waals surface area contributed by atoms with E-state index in [1.54, 1.807) is 11.0 Å². The van der Waals surface area contributed by atoms with Crippen LogP contribution in [0.25, 0.3) is 0 Å². The molecule has 11 nitrogen and oxygen atoms in total. The van der Waals surface area contributed by atoms with E-state index >= 15 is 0 Å². The van der Waals surface area contributed by atoms with Gasteiger partial charge in [0.15, 0.2) is 0 Å². The van der Waals surface area contributed by atoms with Gasteiger partial charge < -0.3 is 19.2 Å². The van der Waals surface area contributed by atoms with Gasteiger partial charge in [0.25, 0.3) is 12.4 Å². The Balaban J connectivity index is 0.000000687. The average molecular weight is 438 g/mol. The van der Waals surface area contributed by atoms with E-state index in [9.17, 15) is 13.2 Å². The van der Waals surface area contributed by atoms with Crippen molar-refractivity contribution in [2.45, 2.75) is 29.4 Å². The summed E-state index contributed by atoms with van der Waals surface area (Å²) in [6.07, 6.45) is 7.39. The lowest BCUT2D eigenvalue weighted by Gasteiger charge is -2.29. The number of furan rings is 1. The molecule has 0 aliphatic carbocycles. The normalized spacial score (nSPS) is 29.3. The van der Waals surface area contributed by atoms with Gasteiger partial charge in [0.1, 0.15) is 11.2 Å². The number of sulfonamides is 1. The van der Waals surface area contributed by atoms with Crippen molar-refractivity contribution in [1.82, 2.24) is 19.8 Å². The minimum Gasteiger partial charge on any atom is -0.483 e. The fourth-order valence-corrected chi connectivity index (χ4v) is 5.84. The number of carbonyl (C=O) groups excluding carboxylic acids is 1. The van der Waals surface area contributed by atoms with Crippen molar-refractivity contribution >= 4 is 22.4 Å². The first-order valence-electron chi connectivity index (χ1n) is 9.46. The highest BCUT2D eigenvalue weighted by Gasteiger charge is 2.63. The Morgan fingerprint density at radius 3 is 2.97 bits per heavy atom. The second-order valence-electron chi connectivity index (χ2n) is 7.62. The Kier molecular flexibility index (Phi) is 5.38. The highest BCUT2D eigenvalue weighted by atomic mass is 32.2. The van der Waals surface area contributed by atoms with Gasteiger partial charge in [-0.05, 0) is 18.9 Å². The smallest absolute Gasteiger partial charge is 0.290 e. The number of nitrogens with zero attached hydrogens (tertiary/aromatic N) is 2. The predicted octanol–water partition coefficient (Wildman–Crippen LogP) is 0.302. The molecule has 0 aromatic carbocycles. The van der Waals surface area contributed by atoms with Gasteiger partial charge in [-0.1, -0.05) is 0 Å². The number of nitrogens with one attached hydrogen (secondary N) is 2. The van der Waals surface area contributed by atoms with Crippen molar-refractivity contribution < 1.29 is 32.3 Å². The van der Waals surface area contributed by atoms with Crippen LogP contribution in [0.5, 0.6) is 0 Å². The molecule has 3 fully saturated rings. The zero-order valence-electron chi connectivity index (χ0n) is 15.9. The second kappa shape index (κ2) is 7.85. The van der Waals surface area contributed by atoms with Crippen LogP contribution in [0.1, 0.15) is 23.2 Å². The molecule has 3 aliphatic heterocycles. The highest BCUT2D eigenvalue weighted by molar-refractivity contribution is 7.89. The van der Waals surface area contributed by atoms with Crippen LogP contribution >= 0.6 is 0 Å². The molecule has 2 aromatic heterocycles. The zero-order chi connectivity index (χ0) is 21.4. The summed E-state index contributed by atoms with van der Waals surface area (Å²) in [5.74, 6) is 0.0963. The number of aromatic amines is 1. The van der Waals surface area contributed by atoms with E-state index in [2.05, 4.69) is 14.9 Å². The van der Waals surface area contributed by atoms with Crippen LogP contribution < -0.4 is 4.72 Å². The van der Waals surface area contributed by atoms with Gasteiger partial charge in [-0.25, -0.2) is 13.1 Å². The largest absolute Gasteiger partial charge is 0.483 e. The zero-order valence-corrected chi connectivity index (χ0v) is 16.7. The Morgan fingerprint density at radius 1 is 1.50 bits per heavy atom. The summed E-state index contributed by atoms with van der Waals surface area (Å²) in [4.78, 5) is 23.0. The summed E-state index contributed by atoms with van der Waals surface area (Å²) in [6.45, 7) is 1.15. The summed E-state index contributed by atoms with van der Waals surface area (Å²) < 4.78 is 38.8. The van der Waals surface area contributed by atoms with Crippen molar-refractivity contribution in [3.63, 3.8) is 0 Å². The third-order valence-corrected chi connectivity index (χ3v) is 7.52. The molecule has 162 valence electrons. The number of fused-ring (bicyclic) bond motifs is 1. The molecule has 0 radical (unpaired) electrons. The van der Waals surface area contributed by atoms with Crippen molar-refractivity contribution in [3.8, 4) is 0 Å². The molecule has 3 N–H and O–H groups in total. The first kappa shape index (κ1) is 20.6. The molecule has 12 heteroatoms. The van der Waals surface area contributed by atoms with Crippen LogP contribution in [0.3, 0.4) is 0 Å². The Morgan fingerprint density at radius 2 is 2.30 bits per heavy atom. The monoisotopic (exact) mass is 438 g/mol. The van der Waals surface area contributed by atoms with Crippen LogP contribution in [0.2, 0.25) is 0 Å². The lowest BCUT2D eigenvalue weighted by atomic mass is 9.74. The third kappa shape index (κ3) is 3.50. The molecular formula is C18H22N4O7S. The molecule has 1 amide bonds. The number of H-pyrrole nitrogens is 1. The van der Waals surface area contributed by atoms with Crippen molar-refractivity contribution in [2.24, 2.45) is 11.8 Å². The Bertz CT molecular complexity index is 992. The minimum atomic E-state index is -3.61.